The van der Waals surface area contributed by atoms with Crippen LogP contribution in [0.5, 0.6) is 5.75 Å². The summed E-state index contributed by atoms with van der Waals surface area (Å²) in [6.45, 7) is 6.75. The Bertz CT molecular complexity index is 1040. The molecule has 0 bridgehead atoms. The number of aromatic nitrogens is 1. The number of carbonyl (C=O) groups excluding carboxylic acids is 1. The first-order chi connectivity index (χ1) is 13.5. The molecule has 5 nitrogen and oxygen atoms in total. The van der Waals surface area contributed by atoms with Crippen molar-refractivity contribution < 1.29 is 14.3 Å². The molecule has 0 aliphatic carbocycles. The Morgan fingerprint density at radius 2 is 1.93 bits per heavy atom. The van der Waals surface area contributed by atoms with Gasteiger partial charge < -0.3 is 14.5 Å². The molecule has 28 heavy (non-hydrogen) atoms. The van der Waals surface area contributed by atoms with E-state index in [2.05, 4.69) is 48.4 Å². The molecule has 5 heteroatoms. The molecule has 2 heterocycles. The lowest BCUT2D eigenvalue weighted by Crippen LogP contribution is -2.45. The molecule has 0 saturated heterocycles. The summed E-state index contributed by atoms with van der Waals surface area (Å²) in [5.74, 6) is 0.598. The van der Waals surface area contributed by atoms with E-state index in [9.17, 15) is 4.79 Å². The average molecular weight is 378 g/mol. The summed E-state index contributed by atoms with van der Waals surface area (Å²) in [7, 11) is 1.44. The van der Waals surface area contributed by atoms with Gasteiger partial charge in [0.2, 0.25) is 0 Å². The van der Waals surface area contributed by atoms with E-state index < -0.39 is 6.04 Å². The first-order valence-corrected chi connectivity index (χ1v) is 9.70. The highest BCUT2D eigenvalue weighted by molar-refractivity contribution is 5.87. The smallest absolute Gasteiger partial charge is 0.323 e. The standard InChI is InChI=1S/C23H26N2O3/c1-5-28-20-11-14(3)13(2)10-17(20)22-21-16(12-19(25-22)23(26)27-4)15-8-6-7-9-18(15)24-21/h6-11,19,22,24-25H,5,12H2,1-4H3. The largest absolute Gasteiger partial charge is 0.494 e. The van der Waals surface area contributed by atoms with Crippen LogP contribution in [0.3, 0.4) is 0 Å². The molecule has 3 aromatic rings. The van der Waals surface area contributed by atoms with Gasteiger partial charge in [-0.05, 0) is 49.6 Å². The van der Waals surface area contributed by atoms with Gasteiger partial charge in [0.05, 0.1) is 19.8 Å². The van der Waals surface area contributed by atoms with Gasteiger partial charge in [-0.15, -0.1) is 0 Å². The molecule has 2 atom stereocenters. The summed E-state index contributed by atoms with van der Waals surface area (Å²) in [5.41, 5.74) is 6.74. The molecular formula is C23H26N2O3. The number of aryl methyl sites for hydroxylation is 2. The molecule has 146 valence electrons. The van der Waals surface area contributed by atoms with Crippen LogP contribution in [0.15, 0.2) is 36.4 Å². The van der Waals surface area contributed by atoms with E-state index >= 15 is 0 Å². The lowest BCUT2D eigenvalue weighted by atomic mass is 9.88. The Balaban J connectivity index is 1.91. The quantitative estimate of drug-likeness (QED) is 0.675. The minimum Gasteiger partial charge on any atom is -0.494 e. The normalized spacial score (nSPS) is 18.7. The van der Waals surface area contributed by atoms with E-state index in [-0.39, 0.29) is 12.0 Å². The predicted molar refractivity (Wildman–Crippen MR) is 110 cm³/mol. The van der Waals surface area contributed by atoms with E-state index in [0.29, 0.717) is 13.0 Å². The SMILES string of the molecule is CCOc1cc(C)c(C)cc1C1NC(C(=O)OC)Cc2c1[nH]c1ccccc21. The number of rotatable bonds is 4. The van der Waals surface area contributed by atoms with Crippen LogP contribution in [-0.4, -0.2) is 30.7 Å². The van der Waals surface area contributed by atoms with Crippen molar-refractivity contribution in [1.82, 2.24) is 10.3 Å². The second kappa shape index (κ2) is 7.32. The number of hydrogen-bond donors (Lipinski definition) is 2. The van der Waals surface area contributed by atoms with E-state index in [1.165, 1.54) is 18.2 Å². The summed E-state index contributed by atoms with van der Waals surface area (Å²) in [5, 5.41) is 4.65. The van der Waals surface area contributed by atoms with Crippen LogP contribution < -0.4 is 10.1 Å². The Morgan fingerprint density at radius 1 is 1.18 bits per heavy atom. The number of para-hydroxylation sites is 1. The molecule has 0 spiro atoms. The second-order valence-corrected chi connectivity index (χ2v) is 7.35. The number of benzene rings is 2. The summed E-state index contributed by atoms with van der Waals surface area (Å²) < 4.78 is 11.0. The van der Waals surface area contributed by atoms with Gasteiger partial charge in [-0.2, -0.15) is 0 Å². The Hall–Kier alpha value is -2.79. The van der Waals surface area contributed by atoms with Crippen molar-refractivity contribution in [2.45, 2.75) is 39.3 Å². The van der Waals surface area contributed by atoms with Crippen LogP contribution in [0.25, 0.3) is 10.9 Å². The first kappa shape index (κ1) is 18.6. The van der Waals surface area contributed by atoms with Gasteiger partial charge >= 0.3 is 5.97 Å². The maximum Gasteiger partial charge on any atom is 0.323 e. The van der Waals surface area contributed by atoms with Gasteiger partial charge in [-0.1, -0.05) is 24.3 Å². The van der Waals surface area contributed by atoms with E-state index in [4.69, 9.17) is 9.47 Å². The number of methoxy groups -OCH3 is 1. The molecule has 0 amide bonds. The first-order valence-electron chi connectivity index (χ1n) is 9.70. The Morgan fingerprint density at radius 3 is 2.68 bits per heavy atom. The number of hydrogen-bond acceptors (Lipinski definition) is 4. The van der Waals surface area contributed by atoms with Crippen LogP contribution >= 0.6 is 0 Å². The maximum absolute atomic E-state index is 12.4. The van der Waals surface area contributed by atoms with E-state index in [1.54, 1.807) is 0 Å². The second-order valence-electron chi connectivity index (χ2n) is 7.35. The molecule has 1 aliphatic heterocycles. The number of carbonyl (C=O) groups is 1. The number of esters is 1. The fraction of sp³-hybridized carbons (Fsp3) is 0.348. The highest BCUT2D eigenvalue weighted by Crippen LogP contribution is 2.39. The molecule has 2 aromatic carbocycles. The molecular weight excluding hydrogens is 352 g/mol. The summed E-state index contributed by atoms with van der Waals surface area (Å²) in [6.07, 6.45) is 0.595. The lowest BCUT2D eigenvalue weighted by Gasteiger charge is -2.31. The van der Waals surface area contributed by atoms with Crippen molar-refractivity contribution >= 4 is 16.9 Å². The third-order valence-corrected chi connectivity index (χ3v) is 5.63. The molecule has 1 aliphatic rings. The van der Waals surface area contributed by atoms with Gasteiger partial charge in [0.1, 0.15) is 11.8 Å². The van der Waals surface area contributed by atoms with Crippen LogP contribution in [0.1, 0.15) is 40.9 Å². The molecule has 0 radical (unpaired) electrons. The highest BCUT2D eigenvalue weighted by Gasteiger charge is 2.35. The molecule has 0 saturated carbocycles. The van der Waals surface area contributed by atoms with Crippen LogP contribution in [-0.2, 0) is 16.0 Å². The number of ether oxygens (including phenoxy) is 2. The summed E-state index contributed by atoms with van der Waals surface area (Å²) in [4.78, 5) is 16.0. The van der Waals surface area contributed by atoms with Crippen molar-refractivity contribution in [2.75, 3.05) is 13.7 Å². The van der Waals surface area contributed by atoms with Crippen molar-refractivity contribution in [1.29, 1.82) is 0 Å². The van der Waals surface area contributed by atoms with Crippen LogP contribution in [0, 0.1) is 13.8 Å². The zero-order valence-corrected chi connectivity index (χ0v) is 16.8. The zero-order valence-electron chi connectivity index (χ0n) is 16.8. The van der Waals surface area contributed by atoms with Crippen LogP contribution in [0.2, 0.25) is 0 Å². The van der Waals surface area contributed by atoms with Gasteiger partial charge in [-0.25, -0.2) is 0 Å². The van der Waals surface area contributed by atoms with Gasteiger partial charge in [0.25, 0.3) is 0 Å². The molecule has 1 aromatic heterocycles. The number of nitrogens with one attached hydrogen (secondary N) is 2. The number of fused-ring (bicyclic) bond motifs is 3. The summed E-state index contributed by atoms with van der Waals surface area (Å²) in [6, 6.07) is 11.9. The van der Waals surface area contributed by atoms with Gasteiger partial charge in [0.15, 0.2) is 0 Å². The minimum absolute atomic E-state index is 0.180. The van der Waals surface area contributed by atoms with Crippen molar-refractivity contribution in [3.8, 4) is 5.75 Å². The number of aromatic amines is 1. The predicted octanol–water partition coefficient (Wildman–Crippen LogP) is 3.96. The maximum atomic E-state index is 12.4. The van der Waals surface area contributed by atoms with Gasteiger partial charge in [-0.3, -0.25) is 10.1 Å². The van der Waals surface area contributed by atoms with Crippen molar-refractivity contribution in [3.05, 3.63) is 64.3 Å². The van der Waals surface area contributed by atoms with Crippen molar-refractivity contribution in [2.24, 2.45) is 0 Å². The fourth-order valence-electron chi connectivity index (χ4n) is 4.09. The fourth-order valence-corrected chi connectivity index (χ4v) is 4.09. The molecule has 2 N–H and O–H groups in total. The van der Waals surface area contributed by atoms with E-state index in [0.717, 1.165) is 33.5 Å². The van der Waals surface area contributed by atoms with Crippen LogP contribution in [0.4, 0.5) is 0 Å². The van der Waals surface area contributed by atoms with Crippen molar-refractivity contribution in [3.63, 3.8) is 0 Å². The van der Waals surface area contributed by atoms with E-state index in [1.807, 2.05) is 19.1 Å². The molecule has 0 fully saturated rings. The topological polar surface area (TPSA) is 63.4 Å². The lowest BCUT2D eigenvalue weighted by molar-refractivity contribution is -0.143. The average Bonchev–Trinajstić information content (AvgIpc) is 3.08. The molecule has 4 rings (SSSR count). The molecule has 2 unspecified atom stereocenters. The summed E-state index contributed by atoms with van der Waals surface area (Å²) >= 11 is 0. The Labute approximate surface area is 165 Å². The minimum atomic E-state index is -0.405. The zero-order chi connectivity index (χ0) is 19.8. The third-order valence-electron chi connectivity index (χ3n) is 5.63. The number of H-pyrrole nitrogens is 1. The monoisotopic (exact) mass is 378 g/mol. The van der Waals surface area contributed by atoms with Gasteiger partial charge in [0, 0.05) is 28.6 Å². The highest BCUT2D eigenvalue weighted by atomic mass is 16.5. The third kappa shape index (κ3) is 3.06. The Kier molecular flexibility index (Phi) is 4.85.